The average Bonchev–Trinajstić information content (AvgIpc) is 2.91. The molecule has 1 heterocycles. The normalized spacial score (nSPS) is 17.8. The third-order valence-electron chi connectivity index (χ3n) is 3.20. The summed E-state index contributed by atoms with van der Waals surface area (Å²) >= 11 is 0. The number of nitrogens with zero attached hydrogens (tertiary/aromatic N) is 2. The lowest BCUT2D eigenvalue weighted by atomic mass is 9.98. The number of rotatable bonds is 4. The number of carboxylic acid groups (broad SMARTS) is 1. The molecule has 1 aromatic heterocycles. The number of aliphatic carboxylic acids is 1. The molecular weight excluding hydrogens is 204 g/mol. The van der Waals surface area contributed by atoms with E-state index in [0.717, 1.165) is 24.2 Å². The molecule has 1 N–H and O–H groups in total. The van der Waals surface area contributed by atoms with Crippen molar-refractivity contribution < 1.29 is 9.90 Å². The third kappa shape index (κ3) is 1.96. The Morgan fingerprint density at radius 3 is 2.56 bits per heavy atom. The third-order valence-corrected chi connectivity index (χ3v) is 3.20. The highest BCUT2D eigenvalue weighted by atomic mass is 16.4. The zero-order valence-electron chi connectivity index (χ0n) is 9.97. The van der Waals surface area contributed by atoms with Crippen molar-refractivity contribution in [1.82, 2.24) is 9.78 Å². The van der Waals surface area contributed by atoms with Crippen molar-refractivity contribution in [2.45, 2.75) is 38.5 Å². The minimum absolute atomic E-state index is 0.313. The fourth-order valence-electron chi connectivity index (χ4n) is 2.08. The zero-order valence-corrected chi connectivity index (χ0v) is 9.97. The zero-order chi connectivity index (χ0) is 11.9. The standard InChI is InChI=1S/C12H18N2O2/c1-7(2)9-6-10(14(3)13-9)11(12(15)16)8-4-5-8/h6-8,11H,4-5H2,1-3H3,(H,15,16). The molecule has 2 rings (SSSR count). The van der Waals surface area contributed by atoms with Crippen molar-refractivity contribution in [3.63, 3.8) is 0 Å². The molecule has 1 saturated carbocycles. The van der Waals surface area contributed by atoms with Crippen LogP contribution in [0.15, 0.2) is 6.07 Å². The quantitative estimate of drug-likeness (QED) is 0.849. The van der Waals surface area contributed by atoms with Crippen LogP contribution in [0, 0.1) is 5.92 Å². The second-order valence-corrected chi connectivity index (χ2v) is 4.93. The molecule has 4 nitrogen and oxygen atoms in total. The van der Waals surface area contributed by atoms with E-state index in [2.05, 4.69) is 18.9 Å². The van der Waals surface area contributed by atoms with Gasteiger partial charge in [-0.2, -0.15) is 5.10 Å². The van der Waals surface area contributed by atoms with Crippen molar-refractivity contribution in [3.8, 4) is 0 Å². The van der Waals surface area contributed by atoms with Crippen molar-refractivity contribution in [2.24, 2.45) is 13.0 Å². The Morgan fingerprint density at radius 1 is 1.56 bits per heavy atom. The van der Waals surface area contributed by atoms with Gasteiger partial charge in [-0.15, -0.1) is 0 Å². The van der Waals surface area contributed by atoms with E-state index in [4.69, 9.17) is 0 Å². The molecule has 1 aliphatic rings. The Morgan fingerprint density at radius 2 is 2.19 bits per heavy atom. The lowest BCUT2D eigenvalue weighted by molar-refractivity contribution is -0.139. The monoisotopic (exact) mass is 222 g/mol. The van der Waals surface area contributed by atoms with Crippen LogP contribution in [0.5, 0.6) is 0 Å². The summed E-state index contributed by atoms with van der Waals surface area (Å²) in [5.41, 5.74) is 1.82. The molecule has 4 heteroatoms. The number of carbonyl (C=O) groups is 1. The molecule has 0 bridgehead atoms. The first-order valence-corrected chi connectivity index (χ1v) is 5.77. The van der Waals surface area contributed by atoms with E-state index < -0.39 is 5.97 Å². The van der Waals surface area contributed by atoms with Gasteiger partial charge in [-0.1, -0.05) is 13.8 Å². The molecule has 0 aromatic carbocycles. The molecule has 0 radical (unpaired) electrons. The van der Waals surface area contributed by atoms with Gasteiger partial charge in [0.05, 0.1) is 11.4 Å². The summed E-state index contributed by atoms with van der Waals surface area (Å²) in [5, 5.41) is 13.6. The fourth-order valence-corrected chi connectivity index (χ4v) is 2.08. The number of hydrogen-bond donors (Lipinski definition) is 1. The summed E-state index contributed by atoms with van der Waals surface area (Å²) in [4.78, 5) is 11.3. The lowest BCUT2D eigenvalue weighted by Crippen LogP contribution is -2.17. The van der Waals surface area contributed by atoms with Crippen molar-refractivity contribution in [1.29, 1.82) is 0 Å². The highest BCUT2D eigenvalue weighted by Crippen LogP contribution is 2.43. The Kier molecular flexibility index (Phi) is 2.74. The summed E-state index contributed by atoms with van der Waals surface area (Å²) in [7, 11) is 1.83. The van der Waals surface area contributed by atoms with E-state index >= 15 is 0 Å². The maximum Gasteiger partial charge on any atom is 0.312 e. The second kappa shape index (κ2) is 3.92. The van der Waals surface area contributed by atoms with E-state index in [1.807, 2.05) is 13.1 Å². The summed E-state index contributed by atoms with van der Waals surface area (Å²) < 4.78 is 1.73. The summed E-state index contributed by atoms with van der Waals surface area (Å²) in [6.45, 7) is 4.14. The minimum Gasteiger partial charge on any atom is -0.481 e. The molecule has 1 aromatic rings. The van der Waals surface area contributed by atoms with Crippen LogP contribution < -0.4 is 0 Å². The molecule has 1 atom stereocenters. The van der Waals surface area contributed by atoms with Gasteiger partial charge in [-0.3, -0.25) is 9.48 Å². The van der Waals surface area contributed by atoms with Crippen LogP contribution in [0.25, 0.3) is 0 Å². The van der Waals surface area contributed by atoms with E-state index in [-0.39, 0.29) is 5.92 Å². The molecule has 0 saturated heterocycles. The molecule has 1 aliphatic carbocycles. The van der Waals surface area contributed by atoms with Gasteiger partial charge in [0.1, 0.15) is 5.92 Å². The Balaban J connectivity index is 2.33. The Bertz CT molecular complexity index is 405. The van der Waals surface area contributed by atoms with Crippen LogP contribution >= 0.6 is 0 Å². The second-order valence-electron chi connectivity index (χ2n) is 4.93. The van der Waals surface area contributed by atoms with Crippen molar-refractivity contribution in [3.05, 3.63) is 17.5 Å². The predicted molar refractivity (Wildman–Crippen MR) is 60.4 cm³/mol. The maximum atomic E-state index is 11.3. The van der Waals surface area contributed by atoms with Crippen LogP contribution in [0.4, 0.5) is 0 Å². The van der Waals surface area contributed by atoms with Crippen LogP contribution in [-0.2, 0) is 11.8 Å². The van der Waals surface area contributed by atoms with Crippen LogP contribution in [0.2, 0.25) is 0 Å². The topological polar surface area (TPSA) is 55.1 Å². The van der Waals surface area contributed by atoms with Crippen LogP contribution in [0.3, 0.4) is 0 Å². The largest absolute Gasteiger partial charge is 0.481 e. The fraction of sp³-hybridized carbons (Fsp3) is 0.667. The Hall–Kier alpha value is -1.32. The summed E-state index contributed by atoms with van der Waals surface area (Å²) in [5.74, 6) is -0.438. The minimum atomic E-state index is -0.721. The molecular formula is C12H18N2O2. The van der Waals surface area contributed by atoms with Gasteiger partial charge in [0.15, 0.2) is 0 Å². The smallest absolute Gasteiger partial charge is 0.312 e. The lowest BCUT2D eigenvalue weighted by Gasteiger charge is -2.10. The maximum absolute atomic E-state index is 11.3. The first kappa shape index (κ1) is 11.2. The molecule has 0 amide bonds. The molecule has 0 spiro atoms. The van der Waals surface area contributed by atoms with Gasteiger partial charge >= 0.3 is 5.97 Å². The van der Waals surface area contributed by atoms with Gasteiger partial charge in [0, 0.05) is 7.05 Å². The van der Waals surface area contributed by atoms with Gasteiger partial charge in [-0.05, 0) is 30.7 Å². The van der Waals surface area contributed by atoms with Crippen molar-refractivity contribution >= 4 is 5.97 Å². The van der Waals surface area contributed by atoms with E-state index in [9.17, 15) is 9.90 Å². The van der Waals surface area contributed by atoms with Gasteiger partial charge < -0.3 is 5.11 Å². The van der Waals surface area contributed by atoms with Gasteiger partial charge in [0.2, 0.25) is 0 Å². The molecule has 88 valence electrons. The SMILES string of the molecule is CC(C)c1cc(C(C(=O)O)C2CC2)n(C)n1. The Labute approximate surface area is 95.3 Å². The van der Waals surface area contributed by atoms with Gasteiger partial charge in [0.25, 0.3) is 0 Å². The number of aromatic nitrogens is 2. The molecule has 16 heavy (non-hydrogen) atoms. The van der Waals surface area contributed by atoms with E-state index in [0.29, 0.717) is 11.8 Å². The number of aryl methyl sites for hydroxylation is 1. The molecule has 1 unspecified atom stereocenters. The molecule has 0 aliphatic heterocycles. The highest BCUT2D eigenvalue weighted by molar-refractivity contribution is 5.76. The summed E-state index contributed by atoms with van der Waals surface area (Å²) in [6.07, 6.45) is 2.05. The number of hydrogen-bond acceptors (Lipinski definition) is 2. The average molecular weight is 222 g/mol. The molecule has 1 fully saturated rings. The van der Waals surface area contributed by atoms with Crippen LogP contribution in [0.1, 0.15) is 49.9 Å². The summed E-state index contributed by atoms with van der Waals surface area (Å²) in [6, 6.07) is 1.95. The number of carboxylic acids is 1. The first-order chi connectivity index (χ1) is 7.50. The first-order valence-electron chi connectivity index (χ1n) is 5.77. The predicted octanol–water partition coefficient (Wildman–Crippen LogP) is 2.12. The van der Waals surface area contributed by atoms with Gasteiger partial charge in [-0.25, -0.2) is 0 Å². The van der Waals surface area contributed by atoms with E-state index in [1.54, 1.807) is 4.68 Å². The van der Waals surface area contributed by atoms with E-state index in [1.165, 1.54) is 0 Å². The van der Waals surface area contributed by atoms with Crippen LogP contribution in [-0.4, -0.2) is 20.9 Å². The highest BCUT2D eigenvalue weighted by Gasteiger charge is 2.39. The van der Waals surface area contributed by atoms with Crippen molar-refractivity contribution in [2.75, 3.05) is 0 Å².